The van der Waals surface area contributed by atoms with Crippen LogP contribution in [0.15, 0.2) is 48.5 Å². The lowest BCUT2D eigenvalue weighted by molar-refractivity contribution is -0.140. The highest BCUT2D eigenvalue weighted by atomic mass is 16.5. The van der Waals surface area contributed by atoms with Crippen LogP contribution in [0.25, 0.3) is 11.0 Å². The number of hydrogen-bond acceptors (Lipinski definition) is 4. The number of H-pyrrole nitrogens is 1. The van der Waals surface area contributed by atoms with E-state index >= 15 is 0 Å². The highest BCUT2D eigenvalue weighted by Gasteiger charge is 2.46. The summed E-state index contributed by atoms with van der Waals surface area (Å²) in [7, 11) is 0. The van der Waals surface area contributed by atoms with Crippen LogP contribution < -0.4 is 5.32 Å². The van der Waals surface area contributed by atoms with Crippen LogP contribution in [0.2, 0.25) is 0 Å². The van der Waals surface area contributed by atoms with E-state index in [1.165, 1.54) is 0 Å². The SMILES string of the molecule is Cc1nc2ccc(NC(=O)C3CCN(C(=O)C4(c5ccccc5)CCOCC4)C3)cc2[nH]1. The fourth-order valence-electron chi connectivity index (χ4n) is 5.02. The van der Waals surface area contributed by atoms with E-state index in [0.717, 1.165) is 28.1 Å². The molecule has 2 saturated heterocycles. The Morgan fingerprint density at radius 1 is 1.16 bits per heavy atom. The summed E-state index contributed by atoms with van der Waals surface area (Å²) in [5, 5.41) is 3.02. The molecule has 0 spiro atoms. The summed E-state index contributed by atoms with van der Waals surface area (Å²) in [6.45, 7) is 4.11. The maximum absolute atomic E-state index is 13.7. The van der Waals surface area contributed by atoms with Gasteiger partial charge in [0.1, 0.15) is 5.82 Å². The lowest BCUT2D eigenvalue weighted by atomic mass is 9.73. The highest BCUT2D eigenvalue weighted by Crippen LogP contribution is 2.38. The van der Waals surface area contributed by atoms with Crippen LogP contribution in [0, 0.1) is 12.8 Å². The van der Waals surface area contributed by atoms with Crippen LogP contribution >= 0.6 is 0 Å². The van der Waals surface area contributed by atoms with E-state index in [0.29, 0.717) is 45.6 Å². The number of anilines is 1. The third-order valence-corrected chi connectivity index (χ3v) is 6.80. The largest absolute Gasteiger partial charge is 0.381 e. The van der Waals surface area contributed by atoms with Crippen molar-refractivity contribution in [1.29, 1.82) is 0 Å². The average Bonchev–Trinajstić information content (AvgIpc) is 3.45. The Labute approximate surface area is 187 Å². The van der Waals surface area contributed by atoms with Gasteiger partial charge in [0.05, 0.1) is 22.4 Å². The molecule has 0 saturated carbocycles. The summed E-state index contributed by atoms with van der Waals surface area (Å²) in [5.41, 5.74) is 2.99. The molecule has 7 heteroatoms. The van der Waals surface area contributed by atoms with E-state index in [4.69, 9.17) is 4.74 Å². The van der Waals surface area contributed by atoms with Gasteiger partial charge in [-0.3, -0.25) is 9.59 Å². The summed E-state index contributed by atoms with van der Waals surface area (Å²) < 4.78 is 5.57. The third-order valence-electron chi connectivity index (χ3n) is 6.80. The van der Waals surface area contributed by atoms with Gasteiger partial charge in [-0.05, 0) is 49.9 Å². The van der Waals surface area contributed by atoms with Crippen molar-refractivity contribution in [2.75, 3.05) is 31.6 Å². The molecule has 32 heavy (non-hydrogen) atoms. The predicted molar refractivity (Wildman–Crippen MR) is 122 cm³/mol. The Hall–Kier alpha value is -3.19. The van der Waals surface area contributed by atoms with E-state index in [-0.39, 0.29) is 17.7 Å². The molecule has 3 heterocycles. The van der Waals surface area contributed by atoms with Crippen molar-refractivity contribution in [3.8, 4) is 0 Å². The zero-order valence-electron chi connectivity index (χ0n) is 18.3. The van der Waals surface area contributed by atoms with Crippen LogP contribution in [0.5, 0.6) is 0 Å². The minimum atomic E-state index is -0.561. The number of amides is 2. The molecule has 2 aliphatic heterocycles. The second kappa shape index (κ2) is 8.39. The Bertz CT molecular complexity index is 1130. The molecule has 5 rings (SSSR count). The first-order valence-electron chi connectivity index (χ1n) is 11.2. The quantitative estimate of drug-likeness (QED) is 0.661. The molecule has 7 nitrogen and oxygen atoms in total. The van der Waals surface area contributed by atoms with Gasteiger partial charge in [0.25, 0.3) is 0 Å². The number of likely N-dealkylation sites (tertiary alicyclic amines) is 1. The van der Waals surface area contributed by atoms with E-state index in [2.05, 4.69) is 15.3 Å². The van der Waals surface area contributed by atoms with E-state index in [9.17, 15) is 9.59 Å². The number of hydrogen-bond donors (Lipinski definition) is 2. The lowest BCUT2D eigenvalue weighted by Crippen LogP contribution is -2.49. The van der Waals surface area contributed by atoms with E-state index in [1.807, 2.05) is 60.4 Å². The van der Waals surface area contributed by atoms with Crippen molar-refractivity contribution in [3.05, 3.63) is 59.9 Å². The van der Waals surface area contributed by atoms with Gasteiger partial charge in [0.2, 0.25) is 11.8 Å². The molecule has 2 aliphatic rings. The first-order valence-corrected chi connectivity index (χ1v) is 11.2. The Morgan fingerprint density at radius 3 is 2.72 bits per heavy atom. The van der Waals surface area contributed by atoms with Crippen molar-refractivity contribution in [1.82, 2.24) is 14.9 Å². The molecule has 2 N–H and O–H groups in total. The first kappa shape index (κ1) is 20.7. The topological polar surface area (TPSA) is 87.3 Å². The van der Waals surface area contributed by atoms with Gasteiger partial charge in [-0.1, -0.05) is 30.3 Å². The summed E-state index contributed by atoms with van der Waals surface area (Å²) in [5.74, 6) is 0.702. The molecule has 0 bridgehead atoms. The fraction of sp³-hybridized carbons (Fsp3) is 0.400. The Kier molecular flexibility index (Phi) is 5.43. The highest BCUT2D eigenvalue weighted by molar-refractivity contribution is 5.96. The van der Waals surface area contributed by atoms with Gasteiger partial charge in [-0.15, -0.1) is 0 Å². The van der Waals surface area contributed by atoms with Gasteiger partial charge in [0, 0.05) is 32.0 Å². The number of carbonyl (C=O) groups is 2. The Morgan fingerprint density at radius 2 is 1.94 bits per heavy atom. The van der Waals surface area contributed by atoms with Crippen molar-refractivity contribution in [2.45, 2.75) is 31.6 Å². The maximum atomic E-state index is 13.7. The maximum Gasteiger partial charge on any atom is 0.233 e. The monoisotopic (exact) mass is 432 g/mol. The number of benzene rings is 2. The molecule has 2 aromatic carbocycles. The van der Waals surface area contributed by atoms with Crippen LogP contribution in [-0.2, 0) is 19.7 Å². The van der Waals surface area contributed by atoms with Crippen LogP contribution in [0.3, 0.4) is 0 Å². The fourth-order valence-corrected chi connectivity index (χ4v) is 5.02. The molecule has 2 fully saturated rings. The zero-order valence-corrected chi connectivity index (χ0v) is 18.3. The number of aromatic amines is 1. The molecule has 0 radical (unpaired) electrons. The average molecular weight is 433 g/mol. The van der Waals surface area contributed by atoms with Crippen LogP contribution in [-0.4, -0.2) is 53.0 Å². The number of nitrogens with zero attached hydrogens (tertiary/aromatic N) is 2. The molecule has 1 atom stereocenters. The molecule has 1 unspecified atom stereocenters. The standard InChI is InChI=1S/C25H28N4O3/c1-17-26-21-8-7-20(15-22(21)27-17)28-23(30)18-9-12-29(16-18)24(31)25(10-13-32-14-11-25)19-5-3-2-4-6-19/h2-8,15,18H,9-14,16H2,1H3,(H,26,27)(H,28,30). The number of imidazole rings is 1. The van der Waals surface area contributed by atoms with Gasteiger partial charge >= 0.3 is 0 Å². The second-order valence-corrected chi connectivity index (χ2v) is 8.84. The first-order chi connectivity index (χ1) is 15.5. The minimum Gasteiger partial charge on any atom is -0.381 e. The molecule has 166 valence electrons. The van der Waals surface area contributed by atoms with Crippen molar-refractivity contribution in [2.24, 2.45) is 5.92 Å². The minimum absolute atomic E-state index is 0.0448. The number of aryl methyl sites for hydroxylation is 1. The molecular formula is C25H28N4O3. The third kappa shape index (κ3) is 3.77. The second-order valence-electron chi connectivity index (χ2n) is 8.84. The molecule has 0 aliphatic carbocycles. The number of aromatic nitrogens is 2. The summed E-state index contributed by atoms with van der Waals surface area (Å²) in [6.07, 6.45) is 2.02. The van der Waals surface area contributed by atoms with Gasteiger partial charge in [-0.25, -0.2) is 4.98 Å². The molecular weight excluding hydrogens is 404 g/mol. The van der Waals surface area contributed by atoms with E-state index in [1.54, 1.807) is 0 Å². The van der Waals surface area contributed by atoms with Crippen molar-refractivity contribution < 1.29 is 14.3 Å². The number of ether oxygens (including phenoxy) is 1. The lowest BCUT2D eigenvalue weighted by Gasteiger charge is -2.39. The zero-order chi connectivity index (χ0) is 22.1. The summed E-state index contributed by atoms with van der Waals surface area (Å²) in [6, 6.07) is 15.7. The van der Waals surface area contributed by atoms with Gasteiger partial charge in [-0.2, -0.15) is 0 Å². The molecule has 3 aromatic rings. The number of rotatable bonds is 4. The number of carbonyl (C=O) groups excluding carboxylic acids is 2. The molecule has 1 aromatic heterocycles. The van der Waals surface area contributed by atoms with Gasteiger partial charge in [0.15, 0.2) is 0 Å². The summed E-state index contributed by atoms with van der Waals surface area (Å²) >= 11 is 0. The predicted octanol–water partition coefficient (Wildman–Crippen LogP) is 3.41. The van der Waals surface area contributed by atoms with Gasteiger partial charge < -0.3 is 19.9 Å². The number of fused-ring (bicyclic) bond motifs is 1. The smallest absolute Gasteiger partial charge is 0.233 e. The summed E-state index contributed by atoms with van der Waals surface area (Å²) in [4.78, 5) is 36.1. The normalized spacial score (nSPS) is 20.4. The van der Waals surface area contributed by atoms with Crippen LogP contribution in [0.4, 0.5) is 5.69 Å². The van der Waals surface area contributed by atoms with E-state index < -0.39 is 5.41 Å². The molecule has 2 amide bonds. The van der Waals surface area contributed by atoms with Crippen molar-refractivity contribution >= 4 is 28.5 Å². The Balaban J connectivity index is 1.29. The van der Waals surface area contributed by atoms with Crippen molar-refractivity contribution in [3.63, 3.8) is 0 Å². The number of nitrogens with one attached hydrogen (secondary N) is 2. The van der Waals surface area contributed by atoms with Crippen LogP contribution in [0.1, 0.15) is 30.7 Å².